The molecule has 0 aromatic heterocycles. The van der Waals surface area contributed by atoms with E-state index in [0.717, 1.165) is 0 Å². The highest BCUT2D eigenvalue weighted by atomic mass is 35.7. The van der Waals surface area contributed by atoms with Crippen LogP contribution >= 0.6 is 46.7 Å². The quantitative estimate of drug-likeness (QED) is 0.153. The van der Waals surface area contributed by atoms with Crippen molar-refractivity contribution in [1.82, 2.24) is 8.56 Å². The van der Waals surface area contributed by atoms with E-state index < -0.39 is 23.7 Å². The lowest BCUT2D eigenvalue weighted by Gasteiger charge is -2.41. The molecule has 5 rings (SSSR count). The van der Waals surface area contributed by atoms with E-state index in [0.29, 0.717) is 23.0 Å². The predicted octanol–water partition coefficient (Wildman–Crippen LogP) is 9.63. The number of benzene rings is 4. The summed E-state index contributed by atoms with van der Waals surface area (Å²) < 4.78 is 27.0. The molecule has 1 heterocycles. The van der Waals surface area contributed by atoms with Gasteiger partial charge in [0.2, 0.25) is 7.58 Å². The molecular weight excluding hydrogens is 558 g/mol. The van der Waals surface area contributed by atoms with Crippen LogP contribution in [0.5, 0.6) is 23.0 Å². The first kappa shape index (κ1) is 25.3. The molecule has 0 fully saturated rings. The molecule has 7 nitrogen and oxygen atoms in total. The molecule has 0 N–H and O–H groups in total. The average Bonchev–Trinajstić information content (AvgIpc) is 2.92. The third kappa shape index (κ3) is 5.96. The van der Waals surface area contributed by atoms with Crippen molar-refractivity contribution in [2.45, 2.75) is 0 Å². The highest BCUT2D eigenvalue weighted by Crippen LogP contribution is 2.79. The third-order valence-corrected chi connectivity index (χ3v) is 13.4. The molecule has 2 atom stereocenters. The summed E-state index contributed by atoms with van der Waals surface area (Å²) in [5.74, 6) is 2.17. The number of rotatable bonds is 8. The topological polar surface area (TPSA) is 55.8 Å². The molecule has 4 aromatic carbocycles. The highest BCUT2D eigenvalue weighted by molar-refractivity contribution is 7.93. The summed E-state index contributed by atoms with van der Waals surface area (Å²) in [6, 6.07) is 37.0. The number of nitrogens with zero attached hydrogens (tertiary/aromatic N) is 3. The van der Waals surface area contributed by atoms with E-state index in [1.807, 2.05) is 121 Å². The minimum atomic E-state index is -3.49. The maximum absolute atomic E-state index is 6.73. The van der Waals surface area contributed by atoms with Crippen LogP contribution in [0.1, 0.15) is 0 Å². The van der Waals surface area contributed by atoms with Crippen molar-refractivity contribution < 1.29 is 18.4 Å². The van der Waals surface area contributed by atoms with Crippen LogP contribution in [0.4, 0.5) is 0 Å². The fourth-order valence-electron chi connectivity index (χ4n) is 3.05. The molecular formula is C24H20Cl2N3O4P3. The van der Waals surface area contributed by atoms with Gasteiger partial charge in [0.15, 0.2) is 0 Å². The van der Waals surface area contributed by atoms with Crippen LogP contribution in [0.15, 0.2) is 126 Å². The van der Waals surface area contributed by atoms with E-state index in [1.165, 1.54) is 8.56 Å². The van der Waals surface area contributed by atoms with E-state index in [2.05, 4.69) is 0 Å². The van der Waals surface area contributed by atoms with E-state index in [4.69, 9.17) is 45.9 Å². The fourth-order valence-corrected chi connectivity index (χ4v) is 11.5. The summed E-state index contributed by atoms with van der Waals surface area (Å²) in [6.45, 7) is 0. The lowest BCUT2D eigenvalue weighted by atomic mass is 10.3. The first-order valence-electron chi connectivity index (χ1n) is 10.7. The second-order valence-electron chi connectivity index (χ2n) is 7.18. The second-order valence-corrected chi connectivity index (χ2v) is 14.3. The van der Waals surface area contributed by atoms with Gasteiger partial charge in [-0.3, -0.25) is 0 Å². The van der Waals surface area contributed by atoms with E-state index in [-0.39, 0.29) is 0 Å². The Morgan fingerprint density at radius 2 is 1.03 bits per heavy atom. The predicted molar refractivity (Wildman–Crippen MR) is 147 cm³/mol. The Hall–Kier alpha value is -2.33. The molecule has 1 aliphatic heterocycles. The molecule has 0 saturated heterocycles. The van der Waals surface area contributed by atoms with Gasteiger partial charge < -0.3 is 18.4 Å². The smallest absolute Gasteiger partial charge is 0.441 e. The molecule has 1 aliphatic rings. The van der Waals surface area contributed by atoms with Crippen LogP contribution in [0.2, 0.25) is 0 Å². The van der Waals surface area contributed by atoms with Gasteiger partial charge in [-0.2, -0.15) is 4.52 Å². The van der Waals surface area contributed by atoms with Crippen molar-refractivity contribution in [1.29, 1.82) is 0 Å². The molecule has 0 amide bonds. The highest BCUT2D eigenvalue weighted by Gasteiger charge is 2.54. The summed E-state index contributed by atoms with van der Waals surface area (Å²) in [4.78, 5) is 6.39. The van der Waals surface area contributed by atoms with Gasteiger partial charge in [-0.1, -0.05) is 76.8 Å². The SMILES string of the molecule is ClN1P(Cl)N=P(Oc2ccccc2)(Oc2ccccc2)N(Oc2ccccc2)P1Oc1ccccc1. The number of hydrogen-bond acceptors (Lipinski definition) is 7. The van der Waals surface area contributed by atoms with Crippen molar-refractivity contribution >= 4 is 46.7 Å². The van der Waals surface area contributed by atoms with Crippen LogP contribution in [0.3, 0.4) is 0 Å². The van der Waals surface area contributed by atoms with Crippen LogP contribution < -0.4 is 18.4 Å². The first-order valence-corrected chi connectivity index (χ1v) is 15.9. The maximum Gasteiger partial charge on any atom is 0.445 e. The Balaban J connectivity index is 1.65. The summed E-state index contributed by atoms with van der Waals surface area (Å²) >= 11 is 13.4. The summed E-state index contributed by atoms with van der Waals surface area (Å²) in [6.07, 6.45) is 0. The second kappa shape index (κ2) is 11.8. The van der Waals surface area contributed by atoms with Gasteiger partial charge in [0, 0.05) is 4.60 Å². The zero-order valence-electron chi connectivity index (χ0n) is 18.6. The zero-order chi connectivity index (χ0) is 24.8. The molecule has 0 bridgehead atoms. The average molecular weight is 578 g/mol. The van der Waals surface area contributed by atoms with Crippen LogP contribution in [0, 0.1) is 0 Å². The summed E-state index contributed by atoms with van der Waals surface area (Å²) in [5, 5.41) is 0. The van der Waals surface area contributed by atoms with Crippen LogP contribution in [0.25, 0.3) is 0 Å². The Kier molecular flexibility index (Phi) is 8.31. The molecule has 2 unspecified atom stereocenters. The molecule has 184 valence electrons. The van der Waals surface area contributed by atoms with E-state index >= 15 is 0 Å². The molecule has 36 heavy (non-hydrogen) atoms. The summed E-state index contributed by atoms with van der Waals surface area (Å²) in [7, 11) is -7.18. The number of halogens is 2. The van der Waals surface area contributed by atoms with Crippen LogP contribution in [-0.2, 0) is 0 Å². The lowest BCUT2D eigenvalue weighted by molar-refractivity contribution is 0.1000. The Labute approximate surface area is 222 Å². The molecule has 12 heteroatoms. The molecule has 0 aliphatic carbocycles. The largest absolute Gasteiger partial charge is 0.445 e. The number of hydrogen-bond donors (Lipinski definition) is 0. The maximum atomic E-state index is 6.73. The van der Waals surface area contributed by atoms with E-state index in [9.17, 15) is 0 Å². The Morgan fingerprint density at radius 3 is 1.50 bits per heavy atom. The van der Waals surface area contributed by atoms with Gasteiger partial charge >= 0.3 is 16.1 Å². The van der Waals surface area contributed by atoms with Crippen molar-refractivity contribution in [2.24, 2.45) is 4.52 Å². The molecule has 4 aromatic rings. The van der Waals surface area contributed by atoms with Crippen LogP contribution in [-0.4, -0.2) is 8.56 Å². The van der Waals surface area contributed by atoms with Gasteiger partial charge in [-0.05, 0) is 71.5 Å². The fraction of sp³-hybridized carbons (Fsp3) is 0. The van der Waals surface area contributed by atoms with Crippen molar-refractivity contribution in [3.05, 3.63) is 121 Å². The van der Waals surface area contributed by atoms with Gasteiger partial charge in [-0.15, -0.1) is 0 Å². The van der Waals surface area contributed by atoms with Gasteiger partial charge in [0.25, 0.3) is 0 Å². The normalized spacial score (nSPS) is 19.6. The monoisotopic (exact) mass is 577 g/mol. The lowest BCUT2D eigenvalue weighted by Crippen LogP contribution is -2.32. The third-order valence-electron chi connectivity index (χ3n) is 4.62. The van der Waals surface area contributed by atoms with E-state index in [1.54, 1.807) is 0 Å². The first-order chi connectivity index (χ1) is 17.6. The standard InChI is InChI=1S/C24H20Cl2N3O4P3/c25-28-34(26)27-36(32-23-17-9-3-10-18-23,33-24-19-11-4-12-20-24)29(30-21-13-5-1-6-14-21)35(28)31-22-15-7-2-8-16-22/h1-20H. The van der Waals surface area contributed by atoms with Crippen molar-refractivity contribution in [3.8, 4) is 23.0 Å². The Bertz CT molecular complexity index is 1270. The zero-order valence-corrected chi connectivity index (χ0v) is 22.8. The summed E-state index contributed by atoms with van der Waals surface area (Å²) in [5.41, 5.74) is 0. The van der Waals surface area contributed by atoms with Gasteiger partial charge in [0.1, 0.15) is 23.0 Å². The Morgan fingerprint density at radius 1 is 0.611 bits per heavy atom. The minimum absolute atomic E-state index is 0.528. The van der Waals surface area contributed by atoms with Crippen molar-refractivity contribution in [2.75, 3.05) is 0 Å². The molecule has 0 saturated carbocycles. The van der Waals surface area contributed by atoms with Gasteiger partial charge in [-0.25, -0.2) is 0 Å². The van der Waals surface area contributed by atoms with Gasteiger partial charge in [0.05, 0.1) is 0 Å². The molecule has 0 spiro atoms. The number of para-hydroxylation sites is 4. The molecule has 0 radical (unpaired) electrons. The van der Waals surface area contributed by atoms with Crippen molar-refractivity contribution in [3.63, 3.8) is 0 Å². The minimum Gasteiger partial charge on any atom is -0.441 e.